The average Bonchev–Trinajstić information content (AvgIpc) is 2.99. The Bertz CT molecular complexity index is 297. The van der Waals surface area contributed by atoms with Crippen LogP contribution in [-0.4, -0.2) is 13.4 Å². The van der Waals surface area contributed by atoms with E-state index in [0.717, 1.165) is 22.7 Å². The molecular formula is C11H13BrO2. The summed E-state index contributed by atoms with van der Waals surface area (Å²) >= 11 is 3.41. The Hall–Kier alpha value is -0.540. The number of halogens is 1. The number of hydrogen-bond donors (Lipinski definition) is 0. The highest BCUT2D eigenvalue weighted by molar-refractivity contribution is 9.10. The van der Waals surface area contributed by atoms with Gasteiger partial charge >= 0.3 is 0 Å². The smallest absolute Gasteiger partial charge is 0.189 e. The molecule has 1 aliphatic rings. The Morgan fingerprint density at radius 3 is 2.79 bits per heavy atom. The minimum absolute atomic E-state index is 0.346. The van der Waals surface area contributed by atoms with Crippen molar-refractivity contribution in [3.63, 3.8) is 0 Å². The van der Waals surface area contributed by atoms with Crippen LogP contribution < -0.4 is 4.74 Å². The first-order valence-corrected chi connectivity index (χ1v) is 5.60. The highest BCUT2D eigenvalue weighted by atomic mass is 79.9. The number of ether oxygens (including phenoxy) is 2. The Labute approximate surface area is 92.3 Å². The van der Waals surface area contributed by atoms with Gasteiger partial charge in [-0.3, -0.25) is 0 Å². The molecule has 3 heteroatoms. The van der Waals surface area contributed by atoms with Gasteiger partial charge in [0.15, 0.2) is 6.79 Å². The van der Waals surface area contributed by atoms with Crippen LogP contribution in [0.25, 0.3) is 0 Å². The van der Waals surface area contributed by atoms with E-state index in [1.165, 1.54) is 12.8 Å². The molecule has 2 nitrogen and oxygen atoms in total. The zero-order chi connectivity index (χ0) is 9.80. The normalized spacial score (nSPS) is 15.5. The molecule has 1 aliphatic carbocycles. The molecule has 0 aliphatic heterocycles. The van der Waals surface area contributed by atoms with E-state index in [-0.39, 0.29) is 0 Å². The predicted octanol–water partition coefficient (Wildman–Crippen LogP) is 3.21. The Balaban J connectivity index is 1.71. The highest BCUT2D eigenvalue weighted by Gasteiger charge is 2.21. The number of benzene rings is 1. The van der Waals surface area contributed by atoms with Crippen molar-refractivity contribution in [3.8, 4) is 5.75 Å². The molecule has 1 fully saturated rings. The second kappa shape index (κ2) is 4.80. The molecule has 14 heavy (non-hydrogen) atoms. The molecule has 0 heterocycles. The van der Waals surface area contributed by atoms with Crippen molar-refractivity contribution in [2.45, 2.75) is 12.8 Å². The van der Waals surface area contributed by atoms with E-state index < -0.39 is 0 Å². The number of rotatable bonds is 5. The third-order valence-corrected chi connectivity index (χ3v) is 2.84. The number of para-hydroxylation sites is 1. The summed E-state index contributed by atoms with van der Waals surface area (Å²) in [5.74, 6) is 1.63. The quantitative estimate of drug-likeness (QED) is 0.595. The average molecular weight is 257 g/mol. The summed E-state index contributed by atoms with van der Waals surface area (Å²) in [5.41, 5.74) is 0. The fourth-order valence-electron chi connectivity index (χ4n) is 1.17. The molecule has 0 unspecified atom stereocenters. The zero-order valence-electron chi connectivity index (χ0n) is 7.91. The maximum atomic E-state index is 5.45. The lowest BCUT2D eigenvalue weighted by Crippen LogP contribution is -2.05. The van der Waals surface area contributed by atoms with Crippen LogP contribution in [0.3, 0.4) is 0 Å². The van der Waals surface area contributed by atoms with Gasteiger partial charge in [-0.1, -0.05) is 12.1 Å². The molecule has 1 aromatic rings. The van der Waals surface area contributed by atoms with Crippen molar-refractivity contribution < 1.29 is 9.47 Å². The molecule has 0 N–H and O–H groups in total. The topological polar surface area (TPSA) is 18.5 Å². The van der Waals surface area contributed by atoms with E-state index in [1.54, 1.807) is 0 Å². The minimum Gasteiger partial charge on any atom is -0.466 e. The number of hydrogen-bond acceptors (Lipinski definition) is 2. The second-order valence-electron chi connectivity index (χ2n) is 3.51. The monoisotopic (exact) mass is 256 g/mol. The molecule has 0 amide bonds. The van der Waals surface area contributed by atoms with Crippen LogP contribution >= 0.6 is 15.9 Å². The van der Waals surface area contributed by atoms with Crippen LogP contribution in [0.5, 0.6) is 5.75 Å². The summed E-state index contributed by atoms with van der Waals surface area (Å²) in [7, 11) is 0. The fourth-order valence-corrected chi connectivity index (χ4v) is 1.57. The second-order valence-corrected chi connectivity index (χ2v) is 4.36. The summed E-state index contributed by atoms with van der Waals surface area (Å²) in [6.45, 7) is 1.18. The van der Waals surface area contributed by atoms with Crippen LogP contribution in [0.4, 0.5) is 0 Å². The lowest BCUT2D eigenvalue weighted by atomic mass is 10.3. The molecule has 0 radical (unpaired) electrons. The van der Waals surface area contributed by atoms with Gasteiger partial charge in [-0.25, -0.2) is 0 Å². The van der Waals surface area contributed by atoms with E-state index in [1.807, 2.05) is 24.3 Å². The van der Waals surface area contributed by atoms with Gasteiger partial charge < -0.3 is 9.47 Å². The van der Waals surface area contributed by atoms with Gasteiger partial charge in [0.05, 0.1) is 11.1 Å². The lowest BCUT2D eigenvalue weighted by molar-refractivity contribution is 0.00957. The standard InChI is InChI=1S/C11H13BrO2/c12-10-3-1-2-4-11(10)14-8-13-7-9-5-6-9/h1-4,9H,5-8H2. The molecule has 0 atom stereocenters. The van der Waals surface area contributed by atoms with Gasteiger partial charge in [-0.05, 0) is 46.8 Å². The molecule has 0 saturated heterocycles. The van der Waals surface area contributed by atoms with Gasteiger partial charge in [0, 0.05) is 0 Å². The van der Waals surface area contributed by atoms with E-state index in [4.69, 9.17) is 9.47 Å². The highest BCUT2D eigenvalue weighted by Crippen LogP contribution is 2.29. The van der Waals surface area contributed by atoms with E-state index >= 15 is 0 Å². The van der Waals surface area contributed by atoms with Crippen LogP contribution in [0.15, 0.2) is 28.7 Å². The predicted molar refractivity (Wildman–Crippen MR) is 58.3 cm³/mol. The summed E-state index contributed by atoms with van der Waals surface area (Å²) in [5, 5.41) is 0. The Kier molecular flexibility index (Phi) is 3.43. The molecular weight excluding hydrogens is 244 g/mol. The van der Waals surface area contributed by atoms with Crippen molar-refractivity contribution in [3.05, 3.63) is 28.7 Å². The van der Waals surface area contributed by atoms with E-state index in [2.05, 4.69) is 15.9 Å². The van der Waals surface area contributed by atoms with Crippen LogP contribution in [0, 0.1) is 5.92 Å². The van der Waals surface area contributed by atoms with Crippen molar-refractivity contribution in [1.82, 2.24) is 0 Å². The SMILES string of the molecule is Brc1ccccc1OCOCC1CC1. The van der Waals surface area contributed by atoms with Crippen molar-refractivity contribution in [1.29, 1.82) is 0 Å². The molecule has 0 spiro atoms. The van der Waals surface area contributed by atoms with E-state index in [9.17, 15) is 0 Å². The third kappa shape index (κ3) is 3.00. The van der Waals surface area contributed by atoms with Gasteiger partial charge in [-0.2, -0.15) is 0 Å². The molecule has 1 saturated carbocycles. The first kappa shape index (κ1) is 9.99. The lowest BCUT2D eigenvalue weighted by Gasteiger charge is -2.07. The van der Waals surface area contributed by atoms with Gasteiger partial charge in [0.2, 0.25) is 0 Å². The molecule has 0 bridgehead atoms. The Morgan fingerprint density at radius 1 is 1.29 bits per heavy atom. The third-order valence-electron chi connectivity index (χ3n) is 2.18. The van der Waals surface area contributed by atoms with Crippen molar-refractivity contribution in [2.75, 3.05) is 13.4 Å². The molecule has 0 aromatic heterocycles. The van der Waals surface area contributed by atoms with Crippen LogP contribution in [0.1, 0.15) is 12.8 Å². The summed E-state index contributed by atoms with van der Waals surface area (Å²) < 4.78 is 11.8. The molecule has 1 aromatic carbocycles. The van der Waals surface area contributed by atoms with Gasteiger partial charge in [-0.15, -0.1) is 0 Å². The first-order chi connectivity index (χ1) is 6.86. The van der Waals surface area contributed by atoms with Crippen molar-refractivity contribution >= 4 is 15.9 Å². The Morgan fingerprint density at radius 2 is 2.07 bits per heavy atom. The minimum atomic E-state index is 0.346. The van der Waals surface area contributed by atoms with Crippen LogP contribution in [0.2, 0.25) is 0 Å². The fraction of sp³-hybridized carbons (Fsp3) is 0.455. The maximum Gasteiger partial charge on any atom is 0.189 e. The van der Waals surface area contributed by atoms with Gasteiger partial charge in [0.25, 0.3) is 0 Å². The summed E-state index contributed by atoms with van der Waals surface area (Å²) in [6.07, 6.45) is 2.63. The van der Waals surface area contributed by atoms with Gasteiger partial charge in [0.1, 0.15) is 5.75 Å². The van der Waals surface area contributed by atoms with Crippen molar-refractivity contribution in [2.24, 2.45) is 5.92 Å². The van der Waals surface area contributed by atoms with E-state index in [0.29, 0.717) is 6.79 Å². The molecule has 76 valence electrons. The maximum absolute atomic E-state index is 5.45. The summed E-state index contributed by atoms with van der Waals surface area (Å²) in [4.78, 5) is 0. The zero-order valence-corrected chi connectivity index (χ0v) is 9.50. The first-order valence-electron chi connectivity index (χ1n) is 4.81. The van der Waals surface area contributed by atoms with Crippen LogP contribution in [-0.2, 0) is 4.74 Å². The largest absolute Gasteiger partial charge is 0.466 e. The summed E-state index contributed by atoms with van der Waals surface area (Å²) in [6, 6.07) is 7.78. The molecule has 2 rings (SSSR count).